The van der Waals surface area contributed by atoms with Crippen molar-refractivity contribution in [3.8, 4) is 0 Å². The molecular weight excluding hydrogens is 224 g/mol. The molecule has 4 heteroatoms. The minimum Gasteiger partial charge on any atom is -0.350 e. The first-order chi connectivity index (χ1) is 7.68. The molecule has 1 aliphatic heterocycles. The number of carbonyl (C=O) groups excluding carboxylic acids is 1. The van der Waals surface area contributed by atoms with E-state index in [4.69, 9.17) is 11.6 Å². The predicted octanol–water partition coefficient (Wildman–Crippen LogP) is 2.45. The zero-order chi connectivity index (χ0) is 11.3. The molecule has 0 bridgehead atoms. The number of carbonyl (C=O) groups is 1. The van der Waals surface area contributed by atoms with E-state index in [1.54, 1.807) is 4.90 Å². The summed E-state index contributed by atoms with van der Waals surface area (Å²) in [5.74, 6) is 0.0496. The SMILES string of the molecule is CN1CCc2c([nH]c3cccc(Cl)c23)C1=O. The molecule has 0 radical (unpaired) electrons. The predicted molar refractivity (Wildman–Crippen MR) is 64.0 cm³/mol. The van der Waals surface area contributed by atoms with Crippen LogP contribution in [-0.4, -0.2) is 29.4 Å². The van der Waals surface area contributed by atoms with Gasteiger partial charge in [-0.05, 0) is 24.1 Å². The molecule has 16 heavy (non-hydrogen) atoms. The minimum atomic E-state index is 0.0496. The number of rotatable bonds is 0. The summed E-state index contributed by atoms with van der Waals surface area (Å²) in [6.45, 7) is 0.754. The molecule has 2 heterocycles. The molecule has 0 spiro atoms. The number of hydrogen-bond acceptors (Lipinski definition) is 1. The van der Waals surface area contributed by atoms with Crippen LogP contribution >= 0.6 is 11.6 Å². The molecule has 0 fully saturated rings. The molecule has 1 N–H and O–H groups in total. The van der Waals surface area contributed by atoms with E-state index in [1.165, 1.54) is 0 Å². The van der Waals surface area contributed by atoms with Crippen molar-refractivity contribution in [3.63, 3.8) is 0 Å². The van der Waals surface area contributed by atoms with Crippen molar-refractivity contribution in [2.45, 2.75) is 6.42 Å². The highest BCUT2D eigenvalue weighted by molar-refractivity contribution is 6.36. The Hall–Kier alpha value is -1.48. The molecule has 2 aromatic rings. The van der Waals surface area contributed by atoms with Crippen LogP contribution in [-0.2, 0) is 6.42 Å². The molecule has 0 aliphatic carbocycles. The summed E-state index contributed by atoms with van der Waals surface area (Å²) in [4.78, 5) is 16.8. The van der Waals surface area contributed by atoms with Crippen LogP contribution in [0.1, 0.15) is 16.1 Å². The van der Waals surface area contributed by atoms with Crippen molar-refractivity contribution in [2.24, 2.45) is 0 Å². The van der Waals surface area contributed by atoms with Crippen LogP contribution in [0, 0.1) is 0 Å². The highest BCUT2D eigenvalue weighted by atomic mass is 35.5. The summed E-state index contributed by atoms with van der Waals surface area (Å²) in [7, 11) is 1.82. The lowest BCUT2D eigenvalue weighted by molar-refractivity contribution is 0.0776. The molecule has 0 saturated carbocycles. The monoisotopic (exact) mass is 234 g/mol. The van der Waals surface area contributed by atoms with E-state index >= 15 is 0 Å². The molecule has 1 aromatic carbocycles. The second-order valence-corrected chi connectivity index (χ2v) is 4.52. The Kier molecular flexibility index (Phi) is 1.98. The Bertz CT molecular complexity index is 588. The number of hydrogen-bond donors (Lipinski definition) is 1. The third kappa shape index (κ3) is 1.18. The van der Waals surface area contributed by atoms with Gasteiger partial charge < -0.3 is 9.88 Å². The molecule has 3 nitrogen and oxygen atoms in total. The number of H-pyrrole nitrogens is 1. The first kappa shape index (κ1) is 9.73. The van der Waals surface area contributed by atoms with Crippen LogP contribution < -0.4 is 0 Å². The van der Waals surface area contributed by atoms with E-state index in [0.717, 1.165) is 29.4 Å². The Morgan fingerprint density at radius 3 is 3.06 bits per heavy atom. The molecule has 0 unspecified atom stereocenters. The van der Waals surface area contributed by atoms with Crippen molar-refractivity contribution in [1.82, 2.24) is 9.88 Å². The van der Waals surface area contributed by atoms with Gasteiger partial charge in [-0.25, -0.2) is 0 Å². The largest absolute Gasteiger partial charge is 0.350 e. The number of benzene rings is 1. The van der Waals surface area contributed by atoms with Gasteiger partial charge in [-0.1, -0.05) is 17.7 Å². The lowest BCUT2D eigenvalue weighted by atomic mass is 10.0. The first-order valence-electron chi connectivity index (χ1n) is 5.23. The van der Waals surface area contributed by atoms with Gasteiger partial charge in [0.1, 0.15) is 5.69 Å². The normalized spacial score (nSPS) is 15.6. The summed E-state index contributed by atoms with van der Waals surface area (Å²) in [5.41, 5.74) is 2.70. The maximum absolute atomic E-state index is 11.9. The first-order valence-corrected chi connectivity index (χ1v) is 5.61. The van der Waals surface area contributed by atoms with E-state index in [2.05, 4.69) is 4.98 Å². The van der Waals surface area contributed by atoms with Gasteiger partial charge in [0.05, 0.1) is 5.02 Å². The fourth-order valence-corrected chi connectivity index (χ4v) is 2.56. The van der Waals surface area contributed by atoms with Gasteiger partial charge in [-0.3, -0.25) is 4.79 Å². The number of aromatic nitrogens is 1. The summed E-state index contributed by atoms with van der Waals surface area (Å²) >= 11 is 6.17. The van der Waals surface area contributed by atoms with Crippen LogP contribution in [0.15, 0.2) is 18.2 Å². The third-order valence-electron chi connectivity index (χ3n) is 3.13. The number of amides is 1. The highest BCUT2D eigenvalue weighted by Gasteiger charge is 2.26. The van der Waals surface area contributed by atoms with Crippen molar-refractivity contribution in [2.75, 3.05) is 13.6 Å². The average Bonchev–Trinajstić information content (AvgIpc) is 2.64. The topological polar surface area (TPSA) is 36.1 Å². The second-order valence-electron chi connectivity index (χ2n) is 4.12. The van der Waals surface area contributed by atoms with E-state index in [1.807, 2.05) is 25.2 Å². The van der Waals surface area contributed by atoms with E-state index in [-0.39, 0.29) is 5.91 Å². The third-order valence-corrected chi connectivity index (χ3v) is 3.45. The van der Waals surface area contributed by atoms with Crippen molar-refractivity contribution >= 4 is 28.4 Å². The highest BCUT2D eigenvalue weighted by Crippen LogP contribution is 2.32. The molecule has 1 amide bonds. The van der Waals surface area contributed by atoms with Gasteiger partial charge in [0.15, 0.2) is 0 Å². The summed E-state index contributed by atoms with van der Waals surface area (Å²) in [6.07, 6.45) is 0.862. The molecule has 0 atom stereocenters. The lowest BCUT2D eigenvalue weighted by Crippen LogP contribution is -2.33. The number of likely N-dealkylation sites (N-methyl/N-ethyl adjacent to an activating group) is 1. The zero-order valence-electron chi connectivity index (χ0n) is 8.88. The summed E-state index contributed by atoms with van der Waals surface area (Å²) in [5, 5.41) is 1.72. The molecular formula is C12H11ClN2O. The van der Waals surface area contributed by atoms with Crippen molar-refractivity contribution in [3.05, 3.63) is 34.5 Å². The maximum atomic E-state index is 11.9. The molecule has 82 valence electrons. The van der Waals surface area contributed by atoms with Crippen molar-refractivity contribution < 1.29 is 4.79 Å². The standard InChI is InChI=1S/C12H11ClN2O/c1-15-6-5-7-10-8(13)3-2-4-9(10)14-11(7)12(15)16/h2-4,14H,5-6H2,1H3. The van der Waals surface area contributed by atoms with E-state index < -0.39 is 0 Å². The Labute approximate surface area is 98.0 Å². The van der Waals surface area contributed by atoms with Gasteiger partial charge in [0.25, 0.3) is 5.91 Å². The summed E-state index contributed by atoms with van der Waals surface area (Å²) < 4.78 is 0. The van der Waals surface area contributed by atoms with Gasteiger partial charge in [0, 0.05) is 24.5 Å². The van der Waals surface area contributed by atoms with Crippen LogP contribution in [0.5, 0.6) is 0 Å². The Morgan fingerprint density at radius 1 is 1.44 bits per heavy atom. The van der Waals surface area contributed by atoms with Crippen LogP contribution in [0.2, 0.25) is 5.02 Å². The lowest BCUT2D eigenvalue weighted by Gasteiger charge is -2.22. The number of nitrogens with one attached hydrogen (secondary N) is 1. The quantitative estimate of drug-likeness (QED) is 0.747. The smallest absolute Gasteiger partial charge is 0.270 e. The number of fused-ring (bicyclic) bond motifs is 3. The fraction of sp³-hybridized carbons (Fsp3) is 0.250. The minimum absolute atomic E-state index is 0.0496. The molecule has 0 saturated heterocycles. The Morgan fingerprint density at radius 2 is 2.25 bits per heavy atom. The van der Waals surface area contributed by atoms with Gasteiger partial charge >= 0.3 is 0 Å². The summed E-state index contributed by atoms with van der Waals surface area (Å²) in [6, 6.07) is 5.70. The van der Waals surface area contributed by atoms with Gasteiger partial charge in [-0.2, -0.15) is 0 Å². The Balaban J connectivity index is 2.35. The molecule has 1 aromatic heterocycles. The van der Waals surface area contributed by atoms with Crippen molar-refractivity contribution in [1.29, 1.82) is 0 Å². The maximum Gasteiger partial charge on any atom is 0.270 e. The van der Waals surface area contributed by atoms with Gasteiger partial charge in [-0.15, -0.1) is 0 Å². The number of nitrogens with zero attached hydrogens (tertiary/aromatic N) is 1. The van der Waals surface area contributed by atoms with E-state index in [0.29, 0.717) is 10.7 Å². The average molecular weight is 235 g/mol. The molecule has 1 aliphatic rings. The van der Waals surface area contributed by atoms with Crippen LogP contribution in [0.3, 0.4) is 0 Å². The van der Waals surface area contributed by atoms with Gasteiger partial charge in [0.2, 0.25) is 0 Å². The second kappa shape index (κ2) is 3.25. The number of aromatic amines is 1. The van der Waals surface area contributed by atoms with Crippen LogP contribution in [0.25, 0.3) is 10.9 Å². The number of halogens is 1. The zero-order valence-corrected chi connectivity index (χ0v) is 9.64. The molecule has 3 rings (SSSR count). The fourth-order valence-electron chi connectivity index (χ4n) is 2.27. The van der Waals surface area contributed by atoms with Crippen LogP contribution in [0.4, 0.5) is 0 Å². The van der Waals surface area contributed by atoms with E-state index in [9.17, 15) is 4.79 Å².